The monoisotopic (exact) mass is 208 g/mol. The number of aliphatic hydroxyl groups is 4. The minimum atomic E-state index is -1.72. The van der Waals surface area contributed by atoms with Crippen LogP contribution in [-0.4, -0.2) is 64.2 Å². The van der Waals surface area contributed by atoms with Crippen LogP contribution in [0.3, 0.4) is 0 Å². The van der Waals surface area contributed by atoms with Crippen LogP contribution in [0.15, 0.2) is 0 Å². The van der Waals surface area contributed by atoms with Crippen molar-refractivity contribution in [1.29, 1.82) is 0 Å². The third kappa shape index (κ3) is 1.86. The molecule has 0 amide bonds. The van der Waals surface area contributed by atoms with Gasteiger partial charge in [-0.2, -0.15) is 0 Å². The van der Waals surface area contributed by atoms with Crippen LogP contribution in [0.25, 0.3) is 0 Å². The molecule has 1 saturated heterocycles. The Morgan fingerprint density at radius 1 is 1.14 bits per heavy atom. The summed E-state index contributed by atoms with van der Waals surface area (Å²) in [5.74, 6) is -0.928. The summed E-state index contributed by atoms with van der Waals surface area (Å²) in [7, 11) is 1.07. The fourth-order valence-electron chi connectivity index (χ4n) is 1.17. The number of aliphatic hydroxyl groups excluding tert-OH is 4. The van der Waals surface area contributed by atoms with Crippen molar-refractivity contribution in [2.45, 2.75) is 30.7 Å². The molecule has 14 heavy (non-hydrogen) atoms. The highest BCUT2D eigenvalue weighted by atomic mass is 16.7. The van der Waals surface area contributed by atoms with E-state index in [9.17, 15) is 15.0 Å². The topological polar surface area (TPSA) is 116 Å². The first-order chi connectivity index (χ1) is 6.49. The van der Waals surface area contributed by atoms with E-state index in [1.807, 2.05) is 0 Å². The number of carbonyl (C=O) groups is 1. The van der Waals surface area contributed by atoms with Gasteiger partial charge in [-0.05, 0) is 0 Å². The first-order valence-corrected chi connectivity index (χ1v) is 3.94. The normalized spacial score (nSPS) is 43.4. The van der Waals surface area contributed by atoms with Crippen molar-refractivity contribution in [3.8, 4) is 0 Å². The molecule has 0 aliphatic carbocycles. The lowest BCUT2D eigenvalue weighted by Crippen LogP contribution is -2.59. The number of carbonyl (C=O) groups excluding carboxylic acids is 1. The Morgan fingerprint density at radius 2 is 1.71 bits per heavy atom. The summed E-state index contributed by atoms with van der Waals surface area (Å²) in [5, 5.41) is 36.5. The Labute approximate surface area is 79.5 Å². The molecule has 4 N–H and O–H groups in total. The molecule has 1 aliphatic rings. The molecule has 1 rings (SSSR count). The minimum absolute atomic E-state index is 0.928. The standard InChI is InChI=1S/C7H12O7/c1-13-7(12)5-3(9)2(8)4(10)6(11)14-5/h2-6,8-11H,1H3/t2-,3?,4?,5?,6+/m0/s1. The van der Waals surface area contributed by atoms with Crippen molar-refractivity contribution in [3.05, 3.63) is 0 Å². The highest BCUT2D eigenvalue weighted by Gasteiger charge is 2.46. The van der Waals surface area contributed by atoms with Crippen molar-refractivity contribution in [3.63, 3.8) is 0 Å². The zero-order chi connectivity index (χ0) is 10.9. The lowest BCUT2D eigenvalue weighted by molar-refractivity contribution is -0.280. The SMILES string of the molecule is COC(=O)C1O[C@@H](O)C(O)[C@@H](O)C1O. The van der Waals surface area contributed by atoms with Crippen LogP contribution < -0.4 is 0 Å². The molecule has 5 atom stereocenters. The summed E-state index contributed by atoms with van der Waals surface area (Å²) in [6.45, 7) is 0. The van der Waals surface area contributed by atoms with E-state index in [2.05, 4.69) is 9.47 Å². The zero-order valence-electron chi connectivity index (χ0n) is 7.40. The average Bonchev–Trinajstić information content (AvgIpc) is 2.19. The molecule has 0 aromatic rings. The summed E-state index contributed by atoms with van der Waals surface area (Å²) in [6.07, 6.45) is -8.14. The van der Waals surface area contributed by atoms with Crippen LogP contribution in [0.1, 0.15) is 0 Å². The Bertz CT molecular complexity index is 218. The summed E-state index contributed by atoms with van der Waals surface area (Å²) < 4.78 is 8.82. The average molecular weight is 208 g/mol. The van der Waals surface area contributed by atoms with E-state index in [1.54, 1.807) is 0 Å². The number of hydrogen-bond acceptors (Lipinski definition) is 7. The van der Waals surface area contributed by atoms with Crippen LogP contribution in [0.4, 0.5) is 0 Å². The van der Waals surface area contributed by atoms with Crippen molar-refractivity contribution >= 4 is 5.97 Å². The zero-order valence-corrected chi connectivity index (χ0v) is 7.40. The van der Waals surface area contributed by atoms with Gasteiger partial charge < -0.3 is 29.9 Å². The third-order valence-corrected chi connectivity index (χ3v) is 2.02. The molecule has 7 heteroatoms. The number of hydrogen-bond donors (Lipinski definition) is 4. The number of methoxy groups -OCH3 is 1. The molecular formula is C7H12O7. The van der Waals surface area contributed by atoms with Gasteiger partial charge in [-0.3, -0.25) is 0 Å². The van der Waals surface area contributed by atoms with Crippen LogP contribution in [-0.2, 0) is 14.3 Å². The predicted molar refractivity (Wildman–Crippen MR) is 40.9 cm³/mol. The van der Waals surface area contributed by atoms with E-state index in [1.165, 1.54) is 0 Å². The smallest absolute Gasteiger partial charge is 0.337 e. The van der Waals surface area contributed by atoms with Crippen LogP contribution in [0, 0.1) is 0 Å². The molecule has 0 radical (unpaired) electrons. The van der Waals surface area contributed by atoms with E-state index < -0.39 is 36.7 Å². The fourth-order valence-corrected chi connectivity index (χ4v) is 1.17. The van der Waals surface area contributed by atoms with E-state index in [-0.39, 0.29) is 0 Å². The summed E-state index contributed by atoms with van der Waals surface area (Å²) in [6, 6.07) is 0. The second-order valence-corrected chi connectivity index (χ2v) is 2.94. The van der Waals surface area contributed by atoms with E-state index in [4.69, 9.17) is 10.2 Å². The Balaban J connectivity index is 2.75. The molecule has 0 saturated carbocycles. The predicted octanol–water partition coefficient (Wildman–Crippen LogP) is -3.04. The Hall–Kier alpha value is -0.730. The van der Waals surface area contributed by atoms with Gasteiger partial charge in [0.1, 0.15) is 18.3 Å². The number of rotatable bonds is 1. The molecule has 3 unspecified atom stereocenters. The molecule has 1 aliphatic heterocycles. The lowest BCUT2D eigenvalue weighted by Gasteiger charge is -2.36. The summed E-state index contributed by atoms with van der Waals surface area (Å²) in [5.41, 5.74) is 0. The molecule has 0 aromatic heterocycles. The Morgan fingerprint density at radius 3 is 2.21 bits per heavy atom. The van der Waals surface area contributed by atoms with Gasteiger partial charge in [-0.25, -0.2) is 4.79 Å². The second-order valence-electron chi connectivity index (χ2n) is 2.94. The molecule has 0 bridgehead atoms. The van der Waals surface area contributed by atoms with Gasteiger partial charge in [-0.15, -0.1) is 0 Å². The molecule has 82 valence electrons. The maximum atomic E-state index is 11.0. The molecule has 1 heterocycles. The van der Waals surface area contributed by atoms with E-state index >= 15 is 0 Å². The second kappa shape index (κ2) is 4.20. The van der Waals surface area contributed by atoms with Crippen molar-refractivity contribution in [1.82, 2.24) is 0 Å². The molecule has 0 aromatic carbocycles. The molecule has 0 spiro atoms. The van der Waals surface area contributed by atoms with Crippen molar-refractivity contribution < 1.29 is 34.7 Å². The summed E-state index contributed by atoms with van der Waals surface area (Å²) in [4.78, 5) is 11.0. The van der Waals surface area contributed by atoms with Crippen molar-refractivity contribution in [2.75, 3.05) is 7.11 Å². The van der Waals surface area contributed by atoms with Crippen LogP contribution in [0.5, 0.6) is 0 Å². The number of ether oxygens (including phenoxy) is 2. The molecule has 1 fully saturated rings. The Kier molecular flexibility index (Phi) is 3.40. The highest BCUT2D eigenvalue weighted by molar-refractivity contribution is 5.75. The van der Waals surface area contributed by atoms with Gasteiger partial charge in [0.2, 0.25) is 0 Å². The van der Waals surface area contributed by atoms with Gasteiger partial charge in [0.15, 0.2) is 12.4 Å². The van der Waals surface area contributed by atoms with Crippen molar-refractivity contribution in [2.24, 2.45) is 0 Å². The van der Waals surface area contributed by atoms with Crippen LogP contribution in [0.2, 0.25) is 0 Å². The van der Waals surface area contributed by atoms with Gasteiger partial charge in [0.05, 0.1) is 7.11 Å². The van der Waals surface area contributed by atoms with Gasteiger partial charge in [0.25, 0.3) is 0 Å². The molecular weight excluding hydrogens is 196 g/mol. The first kappa shape index (κ1) is 11.3. The first-order valence-electron chi connectivity index (χ1n) is 3.94. The minimum Gasteiger partial charge on any atom is -0.467 e. The quantitative estimate of drug-likeness (QED) is 0.338. The largest absolute Gasteiger partial charge is 0.467 e. The maximum absolute atomic E-state index is 11.0. The van der Waals surface area contributed by atoms with Crippen LogP contribution >= 0.6 is 0 Å². The lowest BCUT2D eigenvalue weighted by atomic mass is 9.99. The van der Waals surface area contributed by atoms with Gasteiger partial charge >= 0.3 is 5.97 Å². The van der Waals surface area contributed by atoms with Gasteiger partial charge in [0, 0.05) is 0 Å². The van der Waals surface area contributed by atoms with E-state index in [0.717, 1.165) is 7.11 Å². The highest BCUT2D eigenvalue weighted by Crippen LogP contribution is 2.20. The fraction of sp³-hybridized carbons (Fsp3) is 0.857. The maximum Gasteiger partial charge on any atom is 0.337 e. The molecule has 7 nitrogen and oxygen atoms in total. The number of esters is 1. The summed E-state index contributed by atoms with van der Waals surface area (Å²) >= 11 is 0. The third-order valence-electron chi connectivity index (χ3n) is 2.02. The van der Waals surface area contributed by atoms with E-state index in [0.29, 0.717) is 0 Å². The van der Waals surface area contributed by atoms with Gasteiger partial charge in [-0.1, -0.05) is 0 Å².